The van der Waals surface area contributed by atoms with Crippen molar-refractivity contribution in [2.45, 2.75) is 65.7 Å². The van der Waals surface area contributed by atoms with E-state index in [0.29, 0.717) is 25.6 Å². The van der Waals surface area contributed by atoms with Gasteiger partial charge in [-0.25, -0.2) is 0 Å². The molecule has 0 heterocycles. The Balaban J connectivity index is 2.46. The van der Waals surface area contributed by atoms with Crippen LogP contribution >= 0.6 is 0 Å². The van der Waals surface area contributed by atoms with E-state index in [2.05, 4.69) is 6.92 Å². The second-order valence-corrected chi connectivity index (χ2v) is 6.50. The summed E-state index contributed by atoms with van der Waals surface area (Å²) in [5, 5.41) is 0. The third-order valence-corrected chi connectivity index (χ3v) is 5.74. The predicted octanol–water partition coefficient (Wildman–Crippen LogP) is 3.48. The van der Waals surface area contributed by atoms with Crippen LogP contribution in [0, 0.1) is 16.7 Å². The molecule has 2 fully saturated rings. The predicted molar refractivity (Wildman–Crippen MR) is 79.6 cm³/mol. The molecule has 0 aromatic heterocycles. The molecule has 2 rings (SSSR count). The van der Waals surface area contributed by atoms with Crippen molar-refractivity contribution in [1.29, 1.82) is 0 Å². The number of carbonyl (C=O) groups excluding carboxylic acids is 2. The lowest BCUT2D eigenvalue weighted by molar-refractivity contribution is -0.185. The Morgan fingerprint density at radius 3 is 1.95 bits per heavy atom. The highest BCUT2D eigenvalue weighted by molar-refractivity contribution is 6.01. The van der Waals surface area contributed by atoms with E-state index in [4.69, 9.17) is 9.47 Å². The van der Waals surface area contributed by atoms with Crippen molar-refractivity contribution in [2.75, 3.05) is 13.2 Å². The van der Waals surface area contributed by atoms with Crippen molar-refractivity contribution in [3.63, 3.8) is 0 Å². The highest BCUT2D eigenvalue weighted by Gasteiger charge is 2.68. The standard InChI is InChI=1S/C17H28O4/c1-4-20-14(18)17(15(19)21-5-2)12-9-13(3)16(17)10-7-6-8-11-16/h13H,4-12H2,1-3H3. The molecule has 1 unspecified atom stereocenters. The van der Waals surface area contributed by atoms with Gasteiger partial charge in [-0.15, -0.1) is 0 Å². The quantitative estimate of drug-likeness (QED) is 0.588. The second-order valence-electron chi connectivity index (χ2n) is 6.50. The van der Waals surface area contributed by atoms with E-state index in [-0.39, 0.29) is 17.4 Å². The van der Waals surface area contributed by atoms with Crippen molar-refractivity contribution in [3.8, 4) is 0 Å². The lowest BCUT2D eigenvalue weighted by Crippen LogP contribution is -2.54. The minimum atomic E-state index is -1.07. The van der Waals surface area contributed by atoms with Crippen molar-refractivity contribution in [1.82, 2.24) is 0 Å². The molecule has 2 aliphatic carbocycles. The zero-order chi connectivity index (χ0) is 15.5. The smallest absolute Gasteiger partial charge is 0.324 e. The Hall–Kier alpha value is -1.06. The van der Waals surface area contributed by atoms with E-state index >= 15 is 0 Å². The monoisotopic (exact) mass is 296 g/mol. The van der Waals surface area contributed by atoms with Gasteiger partial charge in [0.25, 0.3) is 0 Å². The normalized spacial score (nSPS) is 26.5. The van der Waals surface area contributed by atoms with Crippen molar-refractivity contribution >= 4 is 11.9 Å². The van der Waals surface area contributed by atoms with Gasteiger partial charge in [-0.3, -0.25) is 9.59 Å². The van der Waals surface area contributed by atoms with Crippen LogP contribution in [0.25, 0.3) is 0 Å². The van der Waals surface area contributed by atoms with Gasteiger partial charge in [0.2, 0.25) is 0 Å². The molecule has 0 radical (unpaired) electrons. The van der Waals surface area contributed by atoms with E-state index in [1.165, 1.54) is 6.42 Å². The zero-order valence-electron chi connectivity index (χ0n) is 13.6. The maximum Gasteiger partial charge on any atom is 0.324 e. The van der Waals surface area contributed by atoms with Gasteiger partial charge in [0.05, 0.1) is 13.2 Å². The van der Waals surface area contributed by atoms with Crippen LogP contribution in [-0.4, -0.2) is 25.2 Å². The van der Waals surface area contributed by atoms with Gasteiger partial charge in [-0.1, -0.05) is 26.2 Å². The molecular formula is C17H28O4. The maximum absolute atomic E-state index is 12.8. The van der Waals surface area contributed by atoms with Gasteiger partial charge in [-0.2, -0.15) is 0 Å². The molecule has 0 aliphatic heterocycles. The first-order valence-corrected chi connectivity index (χ1v) is 8.39. The first kappa shape index (κ1) is 16.3. The molecule has 1 atom stereocenters. The van der Waals surface area contributed by atoms with Crippen molar-refractivity contribution in [2.24, 2.45) is 16.7 Å². The fraction of sp³-hybridized carbons (Fsp3) is 0.882. The molecule has 4 heteroatoms. The number of ether oxygens (including phenoxy) is 2. The number of rotatable bonds is 4. The number of carbonyl (C=O) groups is 2. The topological polar surface area (TPSA) is 52.6 Å². The van der Waals surface area contributed by atoms with Crippen LogP contribution in [-0.2, 0) is 19.1 Å². The summed E-state index contributed by atoms with van der Waals surface area (Å²) in [5.41, 5.74) is -1.33. The van der Waals surface area contributed by atoms with E-state index in [1.807, 2.05) is 0 Å². The summed E-state index contributed by atoms with van der Waals surface area (Å²) in [7, 11) is 0. The lowest BCUT2D eigenvalue weighted by Gasteiger charge is -2.47. The summed E-state index contributed by atoms with van der Waals surface area (Å²) in [6.07, 6.45) is 6.72. The number of esters is 2. The molecule has 0 bridgehead atoms. The molecule has 0 amide bonds. The largest absolute Gasteiger partial charge is 0.465 e. The van der Waals surface area contributed by atoms with Crippen LogP contribution in [0.3, 0.4) is 0 Å². The minimum Gasteiger partial charge on any atom is -0.465 e. The van der Waals surface area contributed by atoms with Gasteiger partial charge in [0.15, 0.2) is 5.41 Å². The van der Waals surface area contributed by atoms with Gasteiger partial charge in [0.1, 0.15) is 0 Å². The number of hydrogen-bond donors (Lipinski definition) is 0. The Kier molecular flexibility index (Phi) is 4.95. The molecule has 0 N–H and O–H groups in total. The third-order valence-electron chi connectivity index (χ3n) is 5.74. The molecular weight excluding hydrogens is 268 g/mol. The SMILES string of the molecule is CCOC(=O)C1(C(=O)OCC)CCC(C)C12CCCCC2. The van der Waals surface area contributed by atoms with E-state index in [9.17, 15) is 9.59 Å². The van der Waals surface area contributed by atoms with Gasteiger partial charge in [0, 0.05) is 0 Å². The second kappa shape index (κ2) is 6.37. The van der Waals surface area contributed by atoms with Crippen LogP contribution in [0.15, 0.2) is 0 Å². The van der Waals surface area contributed by atoms with E-state index in [0.717, 1.165) is 32.1 Å². The summed E-state index contributed by atoms with van der Waals surface area (Å²) in [6, 6.07) is 0. The van der Waals surface area contributed by atoms with E-state index in [1.54, 1.807) is 13.8 Å². The number of hydrogen-bond acceptors (Lipinski definition) is 4. The van der Waals surface area contributed by atoms with Gasteiger partial charge < -0.3 is 9.47 Å². The van der Waals surface area contributed by atoms with Crippen LogP contribution in [0.5, 0.6) is 0 Å². The average molecular weight is 296 g/mol. The molecule has 120 valence electrons. The maximum atomic E-state index is 12.8. The summed E-state index contributed by atoms with van der Waals surface area (Å²) < 4.78 is 10.7. The Bertz CT molecular complexity index is 378. The summed E-state index contributed by atoms with van der Waals surface area (Å²) in [4.78, 5) is 25.6. The Morgan fingerprint density at radius 1 is 0.952 bits per heavy atom. The molecule has 2 saturated carbocycles. The van der Waals surface area contributed by atoms with Crippen LogP contribution in [0.2, 0.25) is 0 Å². The van der Waals surface area contributed by atoms with E-state index < -0.39 is 5.41 Å². The first-order valence-electron chi connectivity index (χ1n) is 8.39. The zero-order valence-corrected chi connectivity index (χ0v) is 13.6. The minimum absolute atomic E-state index is 0.260. The van der Waals surface area contributed by atoms with Crippen LogP contribution < -0.4 is 0 Å². The summed E-state index contributed by atoms with van der Waals surface area (Å²) >= 11 is 0. The lowest BCUT2D eigenvalue weighted by atomic mass is 9.56. The Labute approximate surface area is 127 Å². The summed E-state index contributed by atoms with van der Waals surface area (Å²) in [5.74, 6) is -0.337. The van der Waals surface area contributed by atoms with Crippen LogP contribution in [0.4, 0.5) is 0 Å². The molecule has 0 aromatic carbocycles. The van der Waals surface area contributed by atoms with Gasteiger partial charge in [-0.05, 0) is 50.9 Å². The third kappa shape index (κ3) is 2.36. The molecule has 0 saturated heterocycles. The fourth-order valence-corrected chi connectivity index (χ4v) is 4.68. The van der Waals surface area contributed by atoms with Crippen molar-refractivity contribution < 1.29 is 19.1 Å². The van der Waals surface area contributed by atoms with Crippen molar-refractivity contribution in [3.05, 3.63) is 0 Å². The summed E-state index contributed by atoms with van der Waals surface area (Å²) in [6.45, 7) is 6.39. The average Bonchev–Trinajstić information content (AvgIpc) is 2.75. The van der Waals surface area contributed by atoms with Crippen LogP contribution in [0.1, 0.15) is 65.7 Å². The molecule has 1 spiro atoms. The first-order chi connectivity index (χ1) is 10.0. The fourth-order valence-electron chi connectivity index (χ4n) is 4.68. The molecule has 21 heavy (non-hydrogen) atoms. The Morgan fingerprint density at radius 2 is 1.48 bits per heavy atom. The molecule has 4 nitrogen and oxygen atoms in total. The highest BCUT2D eigenvalue weighted by atomic mass is 16.6. The molecule has 0 aromatic rings. The van der Waals surface area contributed by atoms with Gasteiger partial charge >= 0.3 is 11.9 Å². The molecule has 2 aliphatic rings. The highest BCUT2D eigenvalue weighted by Crippen LogP contribution is 2.64.